The molecular formula is C20H30N2O2. The number of pyridine rings is 1. The number of aliphatic hydroxyl groups is 1. The summed E-state index contributed by atoms with van der Waals surface area (Å²) in [4.78, 5) is 3.90. The van der Waals surface area contributed by atoms with Crippen LogP contribution in [0.4, 0.5) is 0 Å². The van der Waals surface area contributed by atoms with Crippen molar-refractivity contribution in [2.75, 3.05) is 20.2 Å². The van der Waals surface area contributed by atoms with Gasteiger partial charge in [0.25, 0.3) is 0 Å². The van der Waals surface area contributed by atoms with Crippen LogP contribution in [0.5, 0.6) is 5.75 Å². The second kappa shape index (κ2) is 11.6. The van der Waals surface area contributed by atoms with Gasteiger partial charge in [-0.3, -0.25) is 4.98 Å². The molecule has 0 bridgehead atoms. The number of nitrogens with zero attached hydrogens (tertiary/aromatic N) is 1. The van der Waals surface area contributed by atoms with Gasteiger partial charge in [-0.05, 0) is 44.5 Å². The summed E-state index contributed by atoms with van der Waals surface area (Å²) in [5.41, 5.74) is 3.55. The molecule has 0 aliphatic carbocycles. The highest BCUT2D eigenvalue weighted by Crippen LogP contribution is 2.24. The van der Waals surface area contributed by atoms with Crippen LogP contribution >= 0.6 is 0 Å². The monoisotopic (exact) mass is 330 g/mol. The van der Waals surface area contributed by atoms with Crippen molar-refractivity contribution in [2.45, 2.75) is 39.7 Å². The average Bonchev–Trinajstić information content (AvgIpc) is 2.65. The molecule has 1 aromatic carbocycles. The zero-order valence-electron chi connectivity index (χ0n) is 15.2. The molecule has 4 nitrogen and oxygen atoms in total. The Bertz CT molecular complexity index is 573. The van der Waals surface area contributed by atoms with Gasteiger partial charge in [-0.15, -0.1) is 0 Å². The molecule has 0 radical (unpaired) electrons. The lowest BCUT2D eigenvalue weighted by atomic mass is 10.0. The fraction of sp³-hybridized carbons (Fsp3) is 0.450. The maximum Gasteiger partial charge on any atom is 0.122 e. The summed E-state index contributed by atoms with van der Waals surface area (Å²) in [7, 11) is 1.81. The summed E-state index contributed by atoms with van der Waals surface area (Å²) in [5.74, 6) is 1.09. The molecule has 0 spiro atoms. The van der Waals surface area contributed by atoms with Crippen molar-refractivity contribution in [2.24, 2.45) is 0 Å². The number of hydrogen-bond donors (Lipinski definition) is 2. The van der Waals surface area contributed by atoms with Crippen molar-refractivity contribution in [3.05, 3.63) is 59.4 Å². The van der Waals surface area contributed by atoms with E-state index in [2.05, 4.69) is 35.4 Å². The molecule has 1 aromatic heterocycles. The van der Waals surface area contributed by atoms with Crippen molar-refractivity contribution in [3.63, 3.8) is 0 Å². The Morgan fingerprint density at radius 3 is 2.75 bits per heavy atom. The van der Waals surface area contributed by atoms with Crippen molar-refractivity contribution < 1.29 is 9.84 Å². The fourth-order valence-electron chi connectivity index (χ4n) is 2.37. The van der Waals surface area contributed by atoms with Gasteiger partial charge in [-0.25, -0.2) is 0 Å². The Kier molecular flexibility index (Phi) is 9.73. The van der Waals surface area contributed by atoms with Gasteiger partial charge < -0.3 is 15.2 Å². The SMILES string of the molecule is CC.CNCC(O)c1cccnc1.Cc1ccc2c(c1)CCCO2. The van der Waals surface area contributed by atoms with Gasteiger partial charge in [0.05, 0.1) is 12.7 Å². The molecule has 2 heterocycles. The maximum absolute atomic E-state index is 9.42. The van der Waals surface area contributed by atoms with Crippen molar-refractivity contribution >= 4 is 0 Å². The summed E-state index contributed by atoms with van der Waals surface area (Å²) in [6, 6.07) is 10.1. The number of hydrogen-bond acceptors (Lipinski definition) is 4. The standard InChI is InChI=1S/C10H12O.C8H12N2O.C2H6/c1-8-4-5-10-9(7-8)3-2-6-11-10;1-9-6-8(11)7-3-2-4-10-5-7;1-2/h4-5,7H,2-3,6H2,1H3;2-5,8-9,11H,6H2,1H3;1-2H3. The van der Waals surface area contributed by atoms with Gasteiger partial charge in [-0.1, -0.05) is 37.6 Å². The van der Waals surface area contributed by atoms with Gasteiger partial charge >= 0.3 is 0 Å². The number of nitrogens with one attached hydrogen (secondary N) is 1. The minimum absolute atomic E-state index is 0.450. The molecule has 132 valence electrons. The van der Waals surface area contributed by atoms with Gasteiger partial charge in [0.2, 0.25) is 0 Å². The summed E-state index contributed by atoms with van der Waals surface area (Å²) in [5, 5.41) is 12.3. The van der Waals surface area contributed by atoms with E-state index in [1.165, 1.54) is 17.5 Å². The van der Waals surface area contributed by atoms with Crippen LogP contribution in [0.15, 0.2) is 42.7 Å². The highest BCUT2D eigenvalue weighted by Gasteiger charge is 2.08. The van der Waals surface area contributed by atoms with Crippen LogP contribution in [0.25, 0.3) is 0 Å². The Morgan fingerprint density at radius 2 is 2.08 bits per heavy atom. The van der Waals surface area contributed by atoms with E-state index in [1.807, 2.05) is 26.0 Å². The zero-order valence-corrected chi connectivity index (χ0v) is 15.2. The molecule has 1 aliphatic rings. The average molecular weight is 330 g/mol. The molecule has 4 heteroatoms. The Balaban J connectivity index is 0.000000218. The number of aromatic nitrogens is 1. The summed E-state index contributed by atoms with van der Waals surface area (Å²) >= 11 is 0. The topological polar surface area (TPSA) is 54.4 Å². The van der Waals surface area contributed by atoms with Crippen LogP contribution in [0.3, 0.4) is 0 Å². The van der Waals surface area contributed by atoms with Gasteiger partial charge in [0.1, 0.15) is 5.75 Å². The highest BCUT2D eigenvalue weighted by atomic mass is 16.5. The van der Waals surface area contributed by atoms with E-state index < -0.39 is 6.10 Å². The molecule has 1 unspecified atom stereocenters. The lowest BCUT2D eigenvalue weighted by Crippen LogP contribution is -2.16. The Hall–Kier alpha value is -1.91. The van der Waals surface area contributed by atoms with Gasteiger partial charge in [0.15, 0.2) is 0 Å². The van der Waals surface area contributed by atoms with Gasteiger partial charge in [-0.2, -0.15) is 0 Å². The molecule has 2 N–H and O–H groups in total. The number of rotatable bonds is 3. The number of ether oxygens (including phenoxy) is 1. The maximum atomic E-state index is 9.42. The number of aryl methyl sites for hydroxylation is 2. The van der Waals surface area contributed by atoms with Crippen LogP contribution in [-0.2, 0) is 6.42 Å². The van der Waals surface area contributed by atoms with E-state index in [-0.39, 0.29) is 0 Å². The number of aliphatic hydroxyl groups excluding tert-OH is 1. The van der Waals surface area contributed by atoms with E-state index in [1.54, 1.807) is 19.4 Å². The third kappa shape index (κ3) is 6.69. The minimum Gasteiger partial charge on any atom is -0.493 e. The van der Waals surface area contributed by atoms with E-state index in [4.69, 9.17) is 4.74 Å². The molecule has 1 atom stereocenters. The van der Waals surface area contributed by atoms with Crippen molar-refractivity contribution in [1.82, 2.24) is 10.3 Å². The van der Waals surface area contributed by atoms with Crippen LogP contribution in [0, 0.1) is 6.92 Å². The number of benzene rings is 1. The molecule has 3 rings (SSSR count). The third-order valence-corrected chi connectivity index (χ3v) is 3.53. The smallest absolute Gasteiger partial charge is 0.122 e. The lowest BCUT2D eigenvalue weighted by molar-refractivity contribution is 0.177. The van der Waals surface area contributed by atoms with Gasteiger partial charge in [0, 0.05) is 24.5 Å². The molecule has 1 aliphatic heterocycles. The van der Waals surface area contributed by atoms with Crippen molar-refractivity contribution in [1.29, 1.82) is 0 Å². The first-order valence-electron chi connectivity index (χ1n) is 8.65. The van der Waals surface area contributed by atoms with E-state index in [9.17, 15) is 5.11 Å². The van der Waals surface area contributed by atoms with Crippen LogP contribution in [0.1, 0.15) is 43.1 Å². The molecular weight excluding hydrogens is 300 g/mol. The number of likely N-dealkylation sites (N-methyl/N-ethyl adjacent to an activating group) is 1. The second-order valence-electron chi connectivity index (χ2n) is 5.42. The molecule has 2 aromatic rings. The zero-order chi connectivity index (χ0) is 17.8. The van der Waals surface area contributed by atoms with E-state index in [0.717, 1.165) is 24.3 Å². The first-order chi connectivity index (χ1) is 11.7. The summed E-state index contributed by atoms with van der Waals surface area (Å²) in [6.45, 7) is 7.57. The molecule has 0 amide bonds. The van der Waals surface area contributed by atoms with E-state index >= 15 is 0 Å². The van der Waals surface area contributed by atoms with Crippen LogP contribution in [-0.4, -0.2) is 30.3 Å². The fourth-order valence-corrected chi connectivity index (χ4v) is 2.37. The normalized spacial score (nSPS) is 13.2. The molecule has 0 fully saturated rings. The predicted octanol–water partition coefficient (Wildman–Crippen LogP) is 3.68. The number of fused-ring (bicyclic) bond motifs is 1. The quantitative estimate of drug-likeness (QED) is 0.901. The largest absolute Gasteiger partial charge is 0.493 e. The first kappa shape index (κ1) is 20.1. The second-order valence-corrected chi connectivity index (χ2v) is 5.42. The predicted molar refractivity (Wildman–Crippen MR) is 99.5 cm³/mol. The Morgan fingerprint density at radius 1 is 1.29 bits per heavy atom. The summed E-state index contributed by atoms with van der Waals surface area (Å²) < 4.78 is 5.48. The highest BCUT2D eigenvalue weighted by molar-refractivity contribution is 5.37. The third-order valence-electron chi connectivity index (χ3n) is 3.53. The molecule has 0 saturated heterocycles. The van der Waals surface area contributed by atoms with E-state index in [0.29, 0.717) is 6.54 Å². The lowest BCUT2D eigenvalue weighted by Gasteiger charge is -2.16. The molecule has 0 saturated carbocycles. The van der Waals surface area contributed by atoms with Crippen LogP contribution < -0.4 is 10.1 Å². The summed E-state index contributed by atoms with van der Waals surface area (Å²) in [6.07, 6.45) is 5.25. The molecule has 24 heavy (non-hydrogen) atoms. The Labute approximate surface area is 145 Å². The van der Waals surface area contributed by atoms with Crippen LogP contribution in [0.2, 0.25) is 0 Å². The van der Waals surface area contributed by atoms with Crippen molar-refractivity contribution in [3.8, 4) is 5.75 Å². The first-order valence-corrected chi connectivity index (χ1v) is 8.65. The minimum atomic E-state index is -0.450.